The molecule has 0 saturated carbocycles. The van der Waals surface area contributed by atoms with Gasteiger partial charge in [0.05, 0.1) is 40.1 Å². The molecule has 0 radical (unpaired) electrons. The lowest BCUT2D eigenvalue weighted by Gasteiger charge is -2.22. The summed E-state index contributed by atoms with van der Waals surface area (Å²) in [5.41, 5.74) is 4.80. The standard InChI is InChI=1S/C24H22N6O/c1-16-10-17(15-30(16)24(31)20-5-3-2-4-18(20)11-25)14-29-9-8-22-23(29)7-6-21(28-22)19-12-26-27-13-19/h2-9,12-13,16-17H,10,14-15H2,1H3,(H,26,27). The van der Waals surface area contributed by atoms with E-state index >= 15 is 0 Å². The van der Waals surface area contributed by atoms with Crippen LogP contribution < -0.4 is 0 Å². The minimum absolute atomic E-state index is 0.0593. The van der Waals surface area contributed by atoms with Crippen molar-refractivity contribution < 1.29 is 4.79 Å². The Labute approximate surface area is 179 Å². The van der Waals surface area contributed by atoms with Gasteiger partial charge < -0.3 is 9.47 Å². The minimum atomic E-state index is -0.0593. The molecule has 0 spiro atoms. The van der Waals surface area contributed by atoms with Gasteiger partial charge in [-0.05, 0) is 49.6 Å². The van der Waals surface area contributed by atoms with E-state index in [4.69, 9.17) is 4.98 Å². The number of likely N-dealkylation sites (tertiary alicyclic amines) is 1. The van der Waals surface area contributed by atoms with Crippen molar-refractivity contribution in [2.75, 3.05) is 6.54 Å². The first-order chi connectivity index (χ1) is 15.1. The molecule has 154 valence electrons. The molecule has 7 heteroatoms. The Morgan fingerprint density at radius 2 is 2.13 bits per heavy atom. The van der Waals surface area contributed by atoms with E-state index in [1.165, 1.54) is 0 Å². The van der Waals surface area contributed by atoms with Crippen LogP contribution in [0.5, 0.6) is 0 Å². The molecule has 1 fully saturated rings. The second kappa shape index (κ2) is 7.73. The van der Waals surface area contributed by atoms with Crippen LogP contribution in [0, 0.1) is 17.2 Å². The molecule has 0 bridgehead atoms. The number of H-pyrrole nitrogens is 1. The number of aromatic nitrogens is 4. The van der Waals surface area contributed by atoms with Crippen LogP contribution in [-0.4, -0.2) is 43.1 Å². The molecule has 3 aromatic heterocycles. The summed E-state index contributed by atoms with van der Waals surface area (Å²) in [7, 11) is 0. The molecular formula is C24H22N6O. The summed E-state index contributed by atoms with van der Waals surface area (Å²) in [6.45, 7) is 3.59. The van der Waals surface area contributed by atoms with Gasteiger partial charge in [-0.3, -0.25) is 9.89 Å². The number of nitrogens with zero attached hydrogens (tertiary/aromatic N) is 5. The molecule has 5 rings (SSSR count). The molecule has 1 amide bonds. The molecule has 1 aliphatic heterocycles. The highest BCUT2D eigenvalue weighted by Gasteiger charge is 2.33. The molecule has 1 saturated heterocycles. The number of fused-ring (bicyclic) bond motifs is 1. The number of hydrogen-bond acceptors (Lipinski definition) is 4. The highest BCUT2D eigenvalue weighted by Crippen LogP contribution is 2.29. The van der Waals surface area contributed by atoms with E-state index in [1.807, 2.05) is 29.3 Å². The van der Waals surface area contributed by atoms with E-state index < -0.39 is 0 Å². The summed E-state index contributed by atoms with van der Waals surface area (Å²) in [4.78, 5) is 19.8. The second-order valence-corrected chi connectivity index (χ2v) is 8.12. The third-order valence-electron chi connectivity index (χ3n) is 6.07. The van der Waals surface area contributed by atoms with Gasteiger partial charge in [0, 0.05) is 37.1 Å². The SMILES string of the molecule is CC1CC(Cn2ccc3nc(-c4cn[nH]c4)ccc32)CN1C(=O)c1ccccc1C#N. The first kappa shape index (κ1) is 19.1. The van der Waals surface area contributed by atoms with Gasteiger partial charge in [-0.25, -0.2) is 4.98 Å². The third kappa shape index (κ3) is 3.46. The zero-order valence-electron chi connectivity index (χ0n) is 17.2. The fraction of sp³-hybridized carbons (Fsp3) is 0.250. The molecule has 4 heterocycles. The van der Waals surface area contributed by atoms with Crippen LogP contribution >= 0.6 is 0 Å². The van der Waals surface area contributed by atoms with Crippen molar-refractivity contribution in [3.63, 3.8) is 0 Å². The maximum atomic E-state index is 13.1. The van der Waals surface area contributed by atoms with Crippen molar-refractivity contribution in [3.8, 4) is 17.3 Å². The Morgan fingerprint density at radius 3 is 2.94 bits per heavy atom. The number of carbonyl (C=O) groups excluding carboxylic acids is 1. The van der Waals surface area contributed by atoms with Crippen molar-refractivity contribution in [2.45, 2.75) is 25.9 Å². The second-order valence-electron chi connectivity index (χ2n) is 8.12. The number of rotatable bonds is 4. The molecule has 2 atom stereocenters. The van der Waals surface area contributed by atoms with Crippen LogP contribution in [0.2, 0.25) is 0 Å². The van der Waals surface area contributed by atoms with Crippen molar-refractivity contribution in [2.24, 2.45) is 5.92 Å². The molecule has 1 N–H and O–H groups in total. The Hall–Kier alpha value is -3.92. The largest absolute Gasteiger partial charge is 0.346 e. The quantitative estimate of drug-likeness (QED) is 0.553. The molecule has 0 aliphatic carbocycles. The summed E-state index contributed by atoms with van der Waals surface area (Å²) in [5, 5.41) is 16.2. The lowest BCUT2D eigenvalue weighted by molar-refractivity contribution is 0.0742. The van der Waals surface area contributed by atoms with E-state index in [2.05, 4.69) is 40.0 Å². The number of benzene rings is 1. The zero-order valence-corrected chi connectivity index (χ0v) is 17.2. The van der Waals surface area contributed by atoms with E-state index in [0.29, 0.717) is 23.6 Å². The summed E-state index contributed by atoms with van der Waals surface area (Å²) in [6.07, 6.45) is 6.60. The van der Waals surface area contributed by atoms with Crippen LogP contribution in [-0.2, 0) is 6.54 Å². The van der Waals surface area contributed by atoms with Gasteiger partial charge in [-0.2, -0.15) is 10.4 Å². The predicted molar refractivity (Wildman–Crippen MR) is 117 cm³/mol. The summed E-state index contributed by atoms with van der Waals surface area (Å²) in [5.74, 6) is 0.285. The first-order valence-corrected chi connectivity index (χ1v) is 10.4. The smallest absolute Gasteiger partial charge is 0.255 e. The first-order valence-electron chi connectivity index (χ1n) is 10.4. The Bertz CT molecular complexity index is 1280. The van der Waals surface area contributed by atoms with Gasteiger partial charge in [0.2, 0.25) is 0 Å². The number of hydrogen-bond donors (Lipinski definition) is 1. The lowest BCUT2D eigenvalue weighted by atomic mass is 10.1. The van der Waals surface area contributed by atoms with Gasteiger partial charge in [-0.1, -0.05) is 12.1 Å². The predicted octanol–water partition coefficient (Wildman–Crippen LogP) is 3.85. The number of pyridine rings is 1. The topological polar surface area (TPSA) is 90.6 Å². The molecule has 2 unspecified atom stereocenters. The molecule has 1 aromatic carbocycles. The highest BCUT2D eigenvalue weighted by molar-refractivity contribution is 5.97. The van der Waals surface area contributed by atoms with Gasteiger partial charge >= 0.3 is 0 Å². The van der Waals surface area contributed by atoms with Gasteiger partial charge in [0.25, 0.3) is 5.91 Å². The van der Waals surface area contributed by atoms with Gasteiger partial charge in [0.1, 0.15) is 0 Å². The van der Waals surface area contributed by atoms with Gasteiger partial charge in [-0.15, -0.1) is 0 Å². The van der Waals surface area contributed by atoms with Crippen LogP contribution in [0.25, 0.3) is 22.3 Å². The van der Waals surface area contributed by atoms with Crippen LogP contribution in [0.4, 0.5) is 0 Å². The van der Waals surface area contributed by atoms with E-state index in [-0.39, 0.29) is 11.9 Å². The molecular weight excluding hydrogens is 388 g/mol. The normalized spacial score (nSPS) is 18.4. The van der Waals surface area contributed by atoms with Crippen LogP contribution in [0.1, 0.15) is 29.3 Å². The summed E-state index contributed by atoms with van der Waals surface area (Å²) < 4.78 is 2.22. The van der Waals surface area contributed by atoms with Crippen molar-refractivity contribution in [1.29, 1.82) is 5.26 Å². The Balaban J connectivity index is 1.34. The van der Waals surface area contributed by atoms with Crippen molar-refractivity contribution in [3.05, 3.63) is 72.2 Å². The van der Waals surface area contributed by atoms with E-state index in [9.17, 15) is 10.1 Å². The number of amides is 1. The number of aromatic amines is 1. The monoisotopic (exact) mass is 410 g/mol. The molecule has 4 aromatic rings. The molecule has 1 aliphatic rings. The average molecular weight is 410 g/mol. The maximum absolute atomic E-state index is 13.1. The fourth-order valence-corrected chi connectivity index (χ4v) is 4.54. The zero-order chi connectivity index (χ0) is 21.4. The highest BCUT2D eigenvalue weighted by atomic mass is 16.2. The van der Waals surface area contributed by atoms with Gasteiger partial charge in [0.15, 0.2) is 0 Å². The number of nitriles is 1. The lowest BCUT2D eigenvalue weighted by Crippen LogP contribution is -2.34. The van der Waals surface area contributed by atoms with Crippen LogP contribution in [0.15, 0.2) is 61.1 Å². The van der Waals surface area contributed by atoms with E-state index in [0.717, 1.165) is 35.3 Å². The number of nitrogens with one attached hydrogen (secondary N) is 1. The van der Waals surface area contributed by atoms with Crippen molar-refractivity contribution in [1.82, 2.24) is 24.6 Å². The average Bonchev–Trinajstić information content (AvgIpc) is 3.54. The third-order valence-corrected chi connectivity index (χ3v) is 6.07. The summed E-state index contributed by atoms with van der Waals surface area (Å²) in [6, 6.07) is 15.4. The van der Waals surface area contributed by atoms with E-state index in [1.54, 1.807) is 24.4 Å². The molecule has 31 heavy (non-hydrogen) atoms. The van der Waals surface area contributed by atoms with Crippen molar-refractivity contribution >= 4 is 16.9 Å². The number of carbonyl (C=O) groups is 1. The Kier molecular flexibility index (Phi) is 4.75. The maximum Gasteiger partial charge on any atom is 0.255 e. The molecule has 7 nitrogen and oxygen atoms in total. The minimum Gasteiger partial charge on any atom is -0.346 e. The summed E-state index contributed by atoms with van der Waals surface area (Å²) >= 11 is 0. The fourth-order valence-electron chi connectivity index (χ4n) is 4.54. The Morgan fingerprint density at radius 1 is 1.26 bits per heavy atom. The van der Waals surface area contributed by atoms with Crippen LogP contribution in [0.3, 0.4) is 0 Å².